The fourth-order valence-electron chi connectivity index (χ4n) is 1.63. The molecule has 0 aliphatic carbocycles. The van der Waals surface area contributed by atoms with Crippen molar-refractivity contribution >= 4 is 17.8 Å². The van der Waals surface area contributed by atoms with Crippen LogP contribution in [0.15, 0.2) is 11.3 Å². The highest BCUT2D eigenvalue weighted by molar-refractivity contribution is 6.06. The largest absolute Gasteiger partial charge is 0.501 e. The fraction of sp³-hybridized carbons (Fsp3) is 0.545. The number of hydrogen-bond acceptors (Lipinski definition) is 6. The molecule has 0 bridgehead atoms. The van der Waals surface area contributed by atoms with E-state index in [-0.39, 0.29) is 12.2 Å². The summed E-state index contributed by atoms with van der Waals surface area (Å²) < 4.78 is 9.55. The van der Waals surface area contributed by atoms with Crippen LogP contribution in [-0.2, 0) is 19.1 Å². The normalized spacial score (nSPS) is 22.7. The summed E-state index contributed by atoms with van der Waals surface area (Å²) >= 11 is 0. The molecule has 0 saturated carbocycles. The Hall–Kier alpha value is -2.05. The maximum Gasteiger partial charge on any atom is 0.410 e. The number of carbonyl (C=O) groups excluding carboxylic acids is 3. The molecule has 1 atom stereocenters. The monoisotopic (exact) mass is 257 g/mol. The molecular weight excluding hydrogens is 242 g/mol. The van der Waals surface area contributed by atoms with Crippen molar-refractivity contribution in [1.29, 1.82) is 0 Å². The Morgan fingerprint density at radius 3 is 2.61 bits per heavy atom. The summed E-state index contributed by atoms with van der Waals surface area (Å²) in [6, 6.07) is 0. The Kier molecular flexibility index (Phi) is 3.95. The van der Waals surface area contributed by atoms with Gasteiger partial charge in [-0.25, -0.2) is 9.59 Å². The number of alkyl carbamates (subject to hydrolysis) is 1. The number of amides is 1. The van der Waals surface area contributed by atoms with Gasteiger partial charge in [-0.1, -0.05) is 6.92 Å². The first-order chi connectivity index (χ1) is 8.31. The van der Waals surface area contributed by atoms with Crippen LogP contribution in [0, 0.1) is 0 Å². The Morgan fingerprint density at radius 1 is 1.50 bits per heavy atom. The van der Waals surface area contributed by atoms with E-state index < -0.39 is 29.3 Å². The smallest absolute Gasteiger partial charge is 0.410 e. The quantitative estimate of drug-likeness (QED) is 0.722. The zero-order valence-corrected chi connectivity index (χ0v) is 10.4. The third-order valence-electron chi connectivity index (χ3n) is 2.33. The molecule has 100 valence electrons. The molecule has 0 aromatic carbocycles. The molecule has 0 aromatic heterocycles. The Bertz CT molecular complexity index is 427. The van der Waals surface area contributed by atoms with Crippen LogP contribution in [0.25, 0.3) is 0 Å². The van der Waals surface area contributed by atoms with E-state index in [1.54, 1.807) is 0 Å². The first-order valence-electron chi connectivity index (χ1n) is 5.44. The van der Waals surface area contributed by atoms with Gasteiger partial charge in [0.15, 0.2) is 5.78 Å². The minimum atomic E-state index is -1.70. The second-order valence-electron chi connectivity index (χ2n) is 3.96. The lowest BCUT2D eigenvalue weighted by Crippen LogP contribution is -2.49. The topological polar surface area (TPSA) is 102 Å². The molecule has 0 spiro atoms. The van der Waals surface area contributed by atoms with E-state index >= 15 is 0 Å². The lowest BCUT2D eigenvalue weighted by molar-refractivity contribution is -0.149. The van der Waals surface area contributed by atoms with Gasteiger partial charge < -0.3 is 14.6 Å². The number of esters is 1. The number of ether oxygens (including phenoxy) is 2. The molecule has 1 unspecified atom stereocenters. The minimum absolute atomic E-state index is 0.195. The second kappa shape index (κ2) is 5.07. The number of aliphatic hydroxyl groups excluding tert-OH is 1. The zero-order valence-electron chi connectivity index (χ0n) is 10.4. The molecule has 0 saturated heterocycles. The highest BCUT2D eigenvalue weighted by atomic mass is 16.6. The van der Waals surface area contributed by atoms with E-state index in [0.29, 0.717) is 6.42 Å². The molecule has 7 nitrogen and oxygen atoms in total. The molecule has 1 heterocycles. The molecule has 0 radical (unpaired) electrons. The van der Waals surface area contributed by atoms with E-state index in [2.05, 4.69) is 5.32 Å². The summed E-state index contributed by atoms with van der Waals surface area (Å²) in [5.74, 6) is -2.42. The number of aliphatic hydroxyl groups is 1. The predicted molar refractivity (Wildman–Crippen MR) is 59.6 cm³/mol. The Labute approximate surface area is 104 Å². The van der Waals surface area contributed by atoms with Gasteiger partial charge in [-0.2, -0.15) is 0 Å². The van der Waals surface area contributed by atoms with Crippen molar-refractivity contribution in [3.63, 3.8) is 0 Å². The van der Waals surface area contributed by atoms with Gasteiger partial charge in [0.25, 0.3) is 0 Å². The van der Waals surface area contributed by atoms with Gasteiger partial charge in [-0.3, -0.25) is 10.1 Å². The van der Waals surface area contributed by atoms with E-state index in [0.717, 1.165) is 6.92 Å². The summed E-state index contributed by atoms with van der Waals surface area (Å²) in [5, 5.41) is 11.7. The molecule has 0 fully saturated rings. The van der Waals surface area contributed by atoms with Gasteiger partial charge in [-0.05, 0) is 20.3 Å². The minimum Gasteiger partial charge on any atom is -0.501 e. The van der Waals surface area contributed by atoms with Crippen LogP contribution in [0.5, 0.6) is 0 Å². The average molecular weight is 257 g/mol. The van der Waals surface area contributed by atoms with Crippen LogP contribution in [0.3, 0.4) is 0 Å². The maximum absolute atomic E-state index is 11.4. The summed E-state index contributed by atoms with van der Waals surface area (Å²) in [6.07, 6.45) is -0.203. The van der Waals surface area contributed by atoms with E-state index in [1.807, 2.05) is 6.92 Å². The maximum atomic E-state index is 11.4. The van der Waals surface area contributed by atoms with Gasteiger partial charge in [-0.15, -0.1) is 0 Å². The zero-order chi connectivity index (χ0) is 13.9. The third-order valence-corrected chi connectivity index (χ3v) is 2.33. The summed E-state index contributed by atoms with van der Waals surface area (Å²) in [6.45, 7) is 4.46. The van der Waals surface area contributed by atoms with Crippen molar-refractivity contribution in [2.45, 2.75) is 32.9 Å². The van der Waals surface area contributed by atoms with Crippen LogP contribution in [0.2, 0.25) is 0 Å². The average Bonchev–Trinajstić information content (AvgIpc) is 2.46. The van der Waals surface area contributed by atoms with Crippen LogP contribution < -0.4 is 5.32 Å². The van der Waals surface area contributed by atoms with Crippen LogP contribution in [-0.4, -0.2) is 35.3 Å². The molecular formula is C11H15NO6. The van der Waals surface area contributed by atoms with Crippen molar-refractivity contribution in [2.75, 3.05) is 6.61 Å². The Morgan fingerprint density at radius 2 is 2.11 bits per heavy atom. The summed E-state index contributed by atoms with van der Waals surface area (Å²) in [5.41, 5.74) is -1.99. The molecule has 1 rings (SSSR count). The molecule has 1 aliphatic rings. The summed E-state index contributed by atoms with van der Waals surface area (Å²) in [4.78, 5) is 34.0. The molecule has 7 heteroatoms. The van der Waals surface area contributed by atoms with Gasteiger partial charge in [0.2, 0.25) is 11.5 Å². The standard InChI is InChI=1S/C11H15NO6/c1-4-5-17-10(16)12-11(3)7(6(2)13)8(14)9(15)18-11/h14H,4-5H2,1-3H3,(H,12,16). The van der Waals surface area contributed by atoms with Gasteiger partial charge in [0.05, 0.1) is 6.61 Å². The number of nitrogens with one attached hydrogen (secondary N) is 1. The van der Waals surface area contributed by atoms with E-state index in [1.165, 1.54) is 6.92 Å². The number of cyclic esters (lactones) is 1. The van der Waals surface area contributed by atoms with Gasteiger partial charge in [0, 0.05) is 0 Å². The highest BCUT2D eigenvalue weighted by Gasteiger charge is 2.48. The van der Waals surface area contributed by atoms with Crippen LogP contribution >= 0.6 is 0 Å². The molecule has 1 amide bonds. The number of rotatable bonds is 4. The third kappa shape index (κ3) is 2.61. The number of hydrogen-bond donors (Lipinski definition) is 2. The van der Waals surface area contributed by atoms with Gasteiger partial charge >= 0.3 is 12.1 Å². The van der Waals surface area contributed by atoms with Crippen molar-refractivity contribution in [3.8, 4) is 0 Å². The summed E-state index contributed by atoms with van der Waals surface area (Å²) in [7, 11) is 0. The van der Waals surface area contributed by atoms with Crippen molar-refractivity contribution < 1.29 is 29.0 Å². The number of carbonyl (C=O) groups is 3. The lowest BCUT2D eigenvalue weighted by Gasteiger charge is -2.25. The first kappa shape index (κ1) is 14.0. The van der Waals surface area contributed by atoms with Crippen molar-refractivity contribution in [2.24, 2.45) is 0 Å². The van der Waals surface area contributed by atoms with E-state index in [9.17, 15) is 19.5 Å². The lowest BCUT2D eigenvalue weighted by atomic mass is 10.0. The second-order valence-corrected chi connectivity index (χ2v) is 3.96. The molecule has 18 heavy (non-hydrogen) atoms. The van der Waals surface area contributed by atoms with E-state index in [4.69, 9.17) is 9.47 Å². The SMILES string of the molecule is CCCOC(=O)NC1(C)OC(=O)C(O)=C1C(C)=O. The van der Waals surface area contributed by atoms with Gasteiger partial charge in [0.1, 0.15) is 5.57 Å². The predicted octanol–water partition coefficient (Wildman–Crippen LogP) is 0.797. The fourth-order valence-corrected chi connectivity index (χ4v) is 1.63. The van der Waals surface area contributed by atoms with Crippen molar-refractivity contribution in [1.82, 2.24) is 5.32 Å². The number of ketones is 1. The van der Waals surface area contributed by atoms with Crippen molar-refractivity contribution in [3.05, 3.63) is 11.3 Å². The number of Topliss-reactive ketones (excluding diaryl/α,β-unsaturated/α-hetero) is 1. The molecule has 1 aliphatic heterocycles. The molecule has 2 N–H and O–H groups in total. The first-order valence-corrected chi connectivity index (χ1v) is 5.44. The Balaban J connectivity index is 2.89. The van der Waals surface area contributed by atoms with Crippen LogP contribution in [0.1, 0.15) is 27.2 Å². The molecule has 0 aromatic rings. The van der Waals surface area contributed by atoms with Crippen LogP contribution in [0.4, 0.5) is 4.79 Å². The highest BCUT2D eigenvalue weighted by Crippen LogP contribution is 2.30.